The smallest absolute Gasteiger partial charge is 0.273 e. The summed E-state index contributed by atoms with van der Waals surface area (Å²) in [5.41, 5.74) is 1.15. The number of amides is 1. The van der Waals surface area contributed by atoms with Gasteiger partial charge in [-0.3, -0.25) is 4.79 Å². The lowest BCUT2D eigenvalue weighted by atomic mass is 10.3. The maximum atomic E-state index is 12.1. The van der Waals surface area contributed by atoms with Crippen molar-refractivity contribution in [1.82, 2.24) is 15.3 Å². The van der Waals surface area contributed by atoms with Gasteiger partial charge in [0.05, 0.1) is 13.7 Å². The summed E-state index contributed by atoms with van der Waals surface area (Å²) in [5, 5.41) is 5.54. The number of benzene rings is 1. The van der Waals surface area contributed by atoms with Crippen LogP contribution in [0, 0.1) is 6.92 Å². The SMILES string of the molecule is COc1ccc(OCc2nc(C(=O)NCc3nc(C)cs3)co2)cc1. The van der Waals surface area contributed by atoms with E-state index in [2.05, 4.69) is 15.3 Å². The number of thiazole rings is 1. The number of carbonyl (C=O) groups excluding carboxylic acids is 1. The number of aryl methyl sites for hydroxylation is 1. The first kappa shape index (κ1) is 17.0. The monoisotopic (exact) mass is 359 g/mol. The molecule has 0 atom stereocenters. The standard InChI is InChI=1S/C17H17N3O4S/c1-11-10-25-16(19-11)7-18-17(21)14-8-24-15(20-14)9-23-13-5-3-12(22-2)4-6-13/h3-6,8,10H,7,9H2,1-2H3,(H,18,21). The zero-order chi connectivity index (χ0) is 17.6. The second-order valence-corrected chi connectivity index (χ2v) is 6.10. The molecule has 1 amide bonds. The van der Waals surface area contributed by atoms with Crippen LogP contribution in [0.1, 0.15) is 27.1 Å². The fraction of sp³-hybridized carbons (Fsp3) is 0.235. The van der Waals surface area contributed by atoms with Gasteiger partial charge in [-0.05, 0) is 31.2 Å². The van der Waals surface area contributed by atoms with Gasteiger partial charge in [0.2, 0.25) is 5.89 Å². The van der Waals surface area contributed by atoms with Gasteiger partial charge < -0.3 is 19.2 Å². The normalized spacial score (nSPS) is 10.5. The van der Waals surface area contributed by atoms with Gasteiger partial charge in [0.25, 0.3) is 5.91 Å². The third kappa shape index (κ3) is 4.57. The first-order chi connectivity index (χ1) is 12.1. The third-order valence-electron chi connectivity index (χ3n) is 3.27. The van der Waals surface area contributed by atoms with Crippen molar-refractivity contribution in [1.29, 1.82) is 0 Å². The summed E-state index contributed by atoms with van der Waals surface area (Å²) < 4.78 is 15.9. The largest absolute Gasteiger partial charge is 0.497 e. The molecule has 3 rings (SSSR count). The number of hydrogen-bond acceptors (Lipinski definition) is 7. The molecule has 7 nitrogen and oxygen atoms in total. The van der Waals surface area contributed by atoms with Crippen molar-refractivity contribution in [2.45, 2.75) is 20.1 Å². The summed E-state index contributed by atoms with van der Waals surface area (Å²) in [5.74, 6) is 1.42. The van der Waals surface area contributed by atoms with E-state index in [0.717, 1.165) is 16.5 Å². The van der Waals surface area contributed by atoms with Crippen LogP contribution in [0.3, 0.4) is 0 Å². The number of ether oxygens (including phenoxy) is 2. The zero-order valence-electron chi connectivity index (χ0n) is 13.8. The van der Waals surface area contributed by atoms with E-state index < -0.39 is 0 Å². The molecule has 2 aromatic heterocycles. The van der Waals surface area contributed by atoms with Gasteiger partial charge in [-0.25, -0.2) is 9.97 Å². The molecule has 0 bridgehead atoms. The molecule has 0 aliphatic carbocycles. The van der Waals surface area contributed by atoms with E-state index in [0.29, 0.717) is 18.2 Å². The van der Waals surface area contributed by atoms with Crippen LogP contribution in [-0.4, -0.2) is 23.0 Å². The van der Waals surface area contributed by atoms with E-state index >= 15 is 0 Å². The molecule has 1 aromatic carbocycles. The van der Waals surface area contributed by atoms with Crippen LogP contribution in [0.4, 0.5) is 0 Å². The second kappa shape index (κ2) is 7.80. The van der Waals surface area contributed by atoms with Gasteiger partial charge in [0.1, 0.15) is 22.8 Å². The zero-order valence-corrected chi connectivity index (χ0v) is 14.6. The summed E-state index contributed by atoms with van der Waals surface area (Å²) in [6.07, 6.45) is 1.31. The van der Waals surface area contributed by atoms with Gasteiger partial charge >= 0.3 is 0 Å². The van der Waals surface area contributed by atoms with Crippen LogP contribution < -0.4 is 14.8 Å². The average Bonchev–Trinajstić information content (AvgIpc) is 3.27. The predicted molar refractivity (Wildman–Crippen MR) is 91.9 cm³/mol. The van der Waals surface area contributed by atoms with Crippen LogP contribution in [0.2, 0.25) is 0 Å². The van der Waals surface area contributed by atoms with Crippen molar-refractivity contribution >= 4 is 17.2 Å². The topological polar surface area (TPSA) is 86.5 Å². The Balaban J connectivity index is 1.51. The number of methoxy groups -OCH3 is 1. The Hall–Kier alpha value is -2.87. The van der Waals surface area contributed by atoms with Crippen LogP contribution in [0.5, 0.6) is 11.5 Å². The molecule has 25 heavy (non-hydrogen) atoms. The quantitative estimate of drug-likeness (QED) is 0.698. The molecular formula is C17H17N3O4S. The molecule has 0 fully saturated rings. The van der Waals surface area contributed by atoms with Crippen LogP contribution in [0.15, 0.2) is 40.3 Å². The first-order valence-corrected chi connectivity index (χ1v) is 8.42. The molecule has 2 heterocycles. The van der Waals surface area contributed by atoms with Crippen molar-refractivity contribution < 1.29 is 18.7 Å². The van der Waals surface area contributed by atoms with Crippen molar-refractivity contribution in [3.05, 3.63) is 58.2 Å². The molecule has 0 spiro atoms. The molecule has 0 aliphatic rings. The summed E-state index contributed by atoms with van der Waals surface area (Å²) in [7, 11) is 1.60. The summed E-state index contributed by atoms with van der Waals surface area (Å²) in [6.45, 7) is 2.40. The number of hydrogen-bond donors (Lipinski definition) is 1. The minimum Gasteiger partial charge on any atom is -0.497 e. The Labute approximate surface area is 148 Å². The second-order valence-electron chi connectivity index (χ2n) is 5.16. The Morgan fingerprint density at radius 1 is 1.24 bits per heavy atom. The molecule has 130 valence electrons. The molecule has 0 radical (unpaired) electrons. The van der Waals surface area contributed by atoms with E-state index in [1.54, 1.807) is 31.4 Å². The van der Waals surface area contributed by atoms with Crippen LogP contribution >= 0.6 is 11.3 Å². The van der Waals surface area contributed by atoms with Crippen molar-refractivity contribution in [3.8, 4) is 11.5 Å². The van der Waals surface area contributed by atoms with Crippen LogP contribution in [-0.2, 0) is 13.2 Å². The lowest BCUT2D eigenvalue weighted by Gasteiger charge is -2.04. The highest BCUT2D eigenvalue weighted by molar-refractivity contribution is 7.09. The maximum absolute atomic E-state index is 12.1. The average molecular weight is 359 g/mol. The summed E-state index contributed by atoms with van der Waals surface area (Å²) in [4.78, 5) is 20.5. The van der Waals surface area contributed by atoms with Gasteiger partial charge in [-0.2, -0.15) is 0 Å². The summed E-state index contributed by atoms with van der Waals surface area (Å²) >= 11 is 1.50. The van der Waals surface area contributed by atoms with E-state index in [1.165, 1.54) is 17.6 Å². The van der Waals surface area contributed by atoms with E-state index in [-0.39, 0.29) is 18.2 Å². The lowest BCUT2D eigenvalue weighted by Crippen LogP contribution is -2.23. The fourth-order valence-corrected chi connectivity index (χ4v) is 2.74. The highest BCUT2D eigenvalue weighted by Gasteiger charge is 2.13. The number of rotatable bonds is 7. The first-order valence-electron chi connectivity index (χ1n) is 7.54. The Bertz CT molecular complexity index is 842. The highest BCUT2D eigenvalue weighted by atomic mass is 32.1. The molecule has 0 saturated carbocycles. The molecule has 1 N–H and O–H groups in total. The molecule has 0 saturated heterocycles. The van der Waals surface area contributed by atoms with E-state index in [1.807, 2.05) is 12.3 Å². The van der Waals surface area contributed by atoms with Gasteiger partial charge in [-0.1, -0.05) is 0 Å². The Kier molecular flexibility index (Phi) is 5.30. The van der Waals surface area contributed by atoms with Crippen molar-refractivity contribution in [2.75, 3.05) is 7.11 Å². The van der Waals surface area contributed by atoms with Crippen molar-refractivity contribution in [2.24, 2.45) is 0 Å². The number of nitrogens with one attached hydrogen (secondary N) is 1. The predicted octanol–water partition coefficient (Wildman–Crippen LogP) is 2.96. The molecule has 0 aliphatic heterocycles. The summed E-state index contributed by atoms with van der Waals surface area (Å²) in [6, 6.07) is 7.16. The minimum atomic E-state index is -0.313. The number of nitrogens with zero attached hydrogens (tertiary/aromatic N) is 2. The maximum Gasteiger partial charge on any atom is 0.273 e. The fourth-order valence-electron chi connectivity index (χ4n) is 2.03. The lowest BCUT2D eigenvalue weighted by molar-refractivity contribution is 0.0945. The molecule has 3 aromatic rings. The Morgan fingerprint density at radius 2 is 2.00 bits per heavy atom. The molecular weight excluding hydrogens is 342 g/mol. The van der Waals surface area contributed by atoms with Crippen molar-refractivity contribution in [3.63, 3.8) is 0 Å². The Morgan fingerprint density at radius 3 is 2.68 bits per heavy atom. The third-order valence-corrected chi connectivity index (χ3v) is 4.24. The van der Waals surface area contributed by atoms with E-state index in [4.69, 9.17) is 13.9 Å². The van der Waals surface area contributed by atoms with E-state index in [9.17, 15) is 4.79 Å². The molecule has 8 heteroatoms. The number of carbonyl (C=O) groups is 1. The van der Waals surface area contributed by atoms with Crippen LogP contribution in [0.25, 0.3) is 0 Å². The number of oxazole rings is 1. The molecule has 0 unspecified atom stereocenters. The van der Waals surface area contributed by atoms with Gasteiger partial charge in [-0.15, -0.1) is 11.3 Å². The van der Waals surface area contributed by atoms with Gasteiger partial charge in [0.15, 0.2) is 12.3 Å². The number of aromatic nitrogens is 2. The van der Waals surface area contributed by atoms with Gasteiger partial charge in [0, 0.05) is 11.1 Å². The highest BCUT2D eigenvalue weighted by Crippen LogP contribution is 2.18. The minimum absolute atomic E-state index is 0.130.